The van der Waals surface area contributed by atoms with Crippen LogP contribution in [0, 0.1) is 0 Å². The zero-order valence-electron chi connectivity index (χ0n) is 19.7. The zero-order chi connectivity index (χ0) is 25.0. The minimum atomic E-state index is -3.41. The molecular formula is C28H25N5O2S. The molecule has 5 rings (SSSR count). The van der Waals surface area contributed by atoms with Gasteiger partial charge in [-0.2, -0.15) is 0 Å². The van der Waals surface area contributed by atoms with Crippen LogP contribution in [-0.4, -0.2) is 36.2 Å². The molecule has 0 radical (unpaired) electrons. The van der Waals surface area contributed by atoms with Crippen molar-refractivity contribution in [2.45, 2.75) is 5.92 Å². The largest absolute Gasteiger partial charge is 0.368 e. The first-order valence-corrected chi connectivity index (χ1v) is 13.4. The Hall–Kier alpha value is -4.30. The lowest BCUT2D eigenvalue weighted by atomic mass is 9.91. The molecule has 0 aliphatic carbocycles. The van der Waals surface area contributed by atoms with Crippen molar-refractivity contribution in [1.29, 1.82) is 0 Å². The summed E-state index contributed by atoms with van der Waals surface area (Å²) in [5.74, 6) is 1.61. The lowest BCUT2D eigenvalue weighted by molar-refractivity contribution is 0.606. The van der Waals surface area contributed by atoms with Gasteiger partial charge in [-0.25, -0.2) is 23.4 Å². The summed E-state index contributed by atoms with van der Waals surface area (Å²) in [4.78, 5) is 13.8. The Bertz CT molecular complexity index is 1540. The second-order valence-electron chi connectivity index (χ2n) is 8.47. The van der Waals surface area contributed by atoms with E-state index >= 15 is 0 Å². The SMILES string of the molecule is CS(=O)(=O)Nc1ccc(-c2nc(NCC(c3ccccc3)c3ccccc3)c3ccccc3n2)cn1. The van der Waals surface area contributed by atoms with Crippen molar-refractivity contribution in [2.75, 3.05) is 22.8 Å². The quantitative estimate of drug-likeness (QED) is 0.303. The molecule has 36 heavy (non-hydrogen) atoms. The summed E-state index contributed by atoms with van der Waals surface area (Å²) in [5.41, 5.74) is 3.92. The normalized spacial score (nSPS) is 11.5. The monoisotopic (exact) mass is 495 g/mol. The topological polar surface area (TPSA) is 96.9 Å². The van der Waals surface area contributed by atoms with Gasteiger partial charge in [-0.15, -0.1) is 0 Å². The van der Waals surface area contributed by atoms with Crippen LogP contribution in [0.1, 0.15) is 17.0 Å². The van der Waals surface area contributed by atoms with Crippen LogP contribution in [0.15, 0.2) is 103 Å². The summed E-state index contributed by atoms with van der Waals surface area (Å²) < 4.78 is 25.4. The first-order valence-electron chi connectivity index (χ1n) is 11.5. The molecule has 2 heterocycles. The number of hydrogen-bond acceptors (Lipinski definition) is 6. The van der Waals surface area contributed by atoms with Gasteiger partial charge in [-0.3, -0.25) is 4.72 Å². The molecule has 7 nitrogen and oxygen atoms in total. The number of nitrogens with zero attached hydrogens (tertiary/aromatic N) is 3. The number of nitrogens with one attached hydrogen (secondary N) is 2. The second-order valence-corrected chi connectivity index (χ2v) is 10.2. The first kappa shape index (κ1) is 23.4. The summed E-state index contributed by atoms with van der Waals surface area (Å²) in [5, 5.41) is 4.49. The third-order valence-electron chi connectivity index (χ3n) is 5.79. The lowest BCUT2D eigenvalue weighted by Crippen LogP contribution is -2.15. The Kier molecular flexibility index (Phi) is 6.60. The molecule has 0 saturated heterocycles. The van der Waals surface area contributed by atoms with E-state index in [9.17, 15) is 8.42 Å². The van der Waals surface area contributed by atoms with Crippen LogP contribution < -0.4 is 10.0 Å². The number of rotatable bonds is 8. The van der Waals surface area contributed by atoms with E-state index in [0.29, 0.717) is 17.9 Å². The minimum Gasteiger partial charge on any atom is -0.368 e. The van der Waals surface area contributed by atoms with E-state index in [-0.39, 0.29) is 11.7 Å². The van der Waals surface area contributed by atoms with Crippen molar-refractivity contribution in [3.05, 3.63) is 114 Å². The maximum atomic E-state index is 11.5. The molecule has 0 saturated carbocycles. The van der Waals surface area contributed by atoms with Crippen LogP contribution in [0.4, 0.5) is 11.6 Å². The molecule has 8 heteroatoms. The van der Waals surface area contributed by atoms with Gasteiger partial charge in [0, 0.05) is 29.6 Å². The third kappa shape index (κ3) is 5.50. The fourth-order valence-corrected chi connectivity index (χ4v) is 4.62. The van der Waals surface area contributed by atoms with E-state index in [1.54, 1.807) is 18.3 Å². The summed E-state index contributed by atoms with van der Waals surface area (Å²) in [6, 6.07) is 32.0. The average molecular weight is 496 g/mol. The van der Waals surface area contributed by atoms with Crippen molar-refractivity contribution in [3.8, 4) is 11.4 Å². The lowest BCUT2D eigenvalue weighted by Gasteiger charge is -2.20. The molecular weight excluding hydrogens is 470 g/mol. The predicted octanol–water partition coefficient (Wildman–Crippen LogP) is 5.31. The molecule has 0 aliphatic heterocycles. The Balaban J connectivity index is 1.49. The van der Waals surface area contributed by atoms with Crippen molar-refractivity contribution in [1.82, 2.24) is 15.0 Å². The Morgan fingerprint density at radius 1 is 0.778 bits per heavy atom. The van der Waals surface area contributed by atoms with Crippen LogP contribution >= 0.6 is 0 Å². The average Bonchev–Trinajstić information content (AvgIpc) is 2.89. The maximum absolute atomic E-state index is 11.5. The number of pyridine rings is 1. The molecule has 3 aromatic carbocycles. The number of aromatic nitrogens is 3. The number of para-hydroxylation sites is 1. The molecule has 0 fully saturated rings. The van der Waals surface area contributed by atoms with Gasteiger partial charge in [-0.1, -0.05) is 72.8 Å². The first-order chi connectivity index (χ1) is 17.5. The minimum absolute atomic E-state index is 0.132. The van der Waals surface area contributed by atoms with Gasteiger partial charge in [-0.05, 0) is 35.4 Å². The highest BCUT2D eigenvalue weighted by molar-refractivity contribution is 7.92. The molecule has 5 aromatic rings. The van der Waals surface area contributed by atoms with Gasteiger partial charge < -0.3 is 5.32 Å². The highest BCUT2D eigenvalue weighted by atomic mass is 32.2. The number of sulfonamides is 1. The van der Waals surface area contributed by atoms with E-state index in [2.05, 4.69) is 63.6 Å². The second kappa shape index (κ2) is 10.1. The Labute approximate surface area is 210 Å². The molecule has 0 unspecified atom stereocenters. The van der Waals surface area contributed by atoms with Crippen molar-refractivity contribution in [2.24, 2.45) is 0 Å². The summed E-state index contributed by atoms with van der Waals surface area (Å²) >= 11 is 0. The molecule has 0 spiro atoms. The number of fused-ring (bicyclic) bond motifs is 1. The highest BCUT2D eigenvalue weighted by Crippen LogP contribution is 2.28. The smallest absolute Gasteiger partial charge is 0.230 e. The van der Waals surface area contributed by atoms with Crippen molar-refractivity contribution in [3.63, 3.8) is 0 Å². The van der Waals surface area contributed by atoms with E-state index < -0.39 is 10.0 Å². The van der Waals surface area contributed by atoms with Gasteiger partial charge in [0.15, 0.2) is 5.82 Å². The van der Waals surface area contributed by atoms with E-state index in [1.165, 1.54) is 11.1 Å². The van der Waals surface area contributed by atoms with Gasteiger partial charge in [0.25, 0.3) is 0 Å². The maximum Gasteiger partial charge on any atom is 0.230 e. The van der Waals surface area contributed by atoms with Crippen molar-refractivity contribution < 1.29 is 8.42 Å². The molecule has 2 N–H and O–H groups in total. The number of benzene rings is 3. The standard InChI is InChI=1S/C28H25N5O2S/c1-36(34,35)33-26-17-16-22(18-29-26)27-31-25-15-9-8-14-23(25)28(32-27)30-19-24(20-10-4-2-5-11-20)21-12-6-3-7-13-21/h2-18,24H,19H2,1H3,(H,29,33)(H,30,31,32). The molecule has 0 bridgehead atoms. The summed E-state index contributed by atoms with van der Waals surface area (Å²) in [6.07, 6.45) is 2.66. The number of hydrogen-bond donors (Lipinski definition) is 2. The molecule has 180 valence electrons. The highest BCUT2D eigenvalue weighted by Gasteiger charge is 2.16. The van der Waals surface area contributed by atoms with E-state index in [4.69, 9.17) is 9.97 Å². The molecule has 2 aromatic heterocycles. The Morgan fingerprint density at radius 3 is 2.03 bits per heavy atom. The fourth-order valence-electron chi connectivity index (χ4n) is 4.11. The van der Waals surface area contributed by atoms with Gasteiger partial charge in [0.2, 0.25) is 10.0 Å². The van der Waals surface area contributed by atoms with Crippen molar-refractivity contribution >= 4 is 32.6 Å². The Morgan fingerprint density at radius 2 is 1.42 bits per heavy atom. The van der Waals surface area contributed by atoms with Crippen LogP contribution in [0.3, 0.4) is 0 Å². The van der Waals surface area contributed by atoms with Gasteiger partial charge in [0.1, 0.15) is 11.6 Å². The fraction of sp³-hybridized carbons (Fsp3) is 0.107. The molecule has 0 atom stereocenters. The zero-order valence-corrected chi connectivity index (χ0v) is 20.5. The molecule has 0 aliphatic rings. The van der Waals surface area contributed by atoms with Gasteiger partial charge >= 0.3 is 0 Å². The predicted molar refractivity (Wildman–Crippen MR) is 144 cm³/mol. The van der Waals surface area contributed by atoms with Crippen LogP contribution in [0.25, 0.3) is 22.3 Å². The molecule has 0 amide bonds. The van der Waals surface area contributed by atoms with Gasteiger partial charge in [0.05, 0.1) is 11.8 Å². The van der Waals surface area contributed by atoms with Crippen LogP contribution in [-0.2, 0) is 10.0 Å². The van der Waals surface area contributed by atoms with E-state index in [0.717, 1.165) is 23.0 Å². The third-order valence-corrected chi connectivity index (χ3v) is 6.37. The van der Waals surface area contributed by atoms with Crippen LogP contribution in [0.5, 0.6) is 0 Å². The number of anilines is 2. The van der Waals surface area contributed by atoms with Crippen LogP contribution in [0.2, 0.25) is 0 Å². The summed E-state index contributed by atoms with van der Waals surface area (Å²) in [7, 11) is -3.41. The summed E-state index contributed by atoms with van der Waals surface area (Å²) in [6.45, 7) is 0.643. The van der Waals surface area contributed by atoms with E-state index in [1.807, 2.05) is 36.4 Å².